The number of hydrogen-bond donors (Lipinski definition) is 2. The second-order valence-corrected chi connectivity index (χ2v) is 4.69. The first-order valence-corrected chi connectivity index (χ1v) is 6.60. The summed E-state index contributed by atoms with van der Waals surface area (Å²) in [6.07, 6.45) is 1.99. The standard InChI is InChI=1S/C16H16N2O3/c1-11-10-13(8-9-17-11)16(21)18-14-5-3-2-4-12(14)6-7-15(19)20/h2-5,8-10H,6-7H2,1H3,(H,18,21)(H,19,20). The number of carbonyl (C=O) groups is 2. The lowest BCUT2D eigenvalue weighted by Gasteiger charge is -2.10. The molecule has 0 spiro atoms. The monoisotopic (exact) mass is 284 g/mol. The lowest BCUT2D eigenvalue weighted by molar-refractivity contribution is -0.136. The summed E-state index contributed by atoms with van der Waals surface area (Å²) in [4.78, 5) is 26.9. The molecule has 2 aromatic rings. The molecule has 0 aliphatic carbocycles. The van der Waals surface area contributed by atoms with Crippen molar-refractivity contribution >= 4 is 17.6 Å². The van der Waals surface area contributed by atoms with E-state index < -0.39 is 5.97 Å². The number of benzene rings is 1. The number of carbonyl (C=O) groups excluding carboxylic acids is 1. The van der Waals surface area contributed by atoms with E-state index in [9.17, 15) is 9.59 Å². The van der Waals surface area contributed by atoms with Crippen molar-refractivity contribution in [3.05, 3.63) is 59.4 Å². The van der Waals surface area contributed by atoms with Crippen LogP contribution in [0.5, 0.6) is 0 Å². The topological polar surface area (TPSA) is 79.3 Å². The quantitative estimate of drug-likeness (QED) is 0.884. The van der Waals surface area contributed by atoms with Crippen LogP contribution in [0.4, 0.5) is 5.69 Å². The van der Waals surface area contributed by atoms with Gasteiger partial charge in [-0.25, -0.2) is 0 Å². The Labute approximate surface area is 122 Å². The molecule has 1 heterocycles. The molecule has 21 heavy (non-hydrogen) atoms. The second kappa shape index (κ2) is 6.65. The molecular weight excluding hydrogens is 268 g/mol. The Balaban J connectivity index is 2.15. The molecule has 0 atom stereocenters. The fraction of sp³-hybridized carbons (Fsp3) is 0.188. The van der Waals surface area contributed by atoms with Crippen molar-refractivity contribution in [2.75, 3.05) is 5.32 Å². The SMILES string of the molecule is Cc1cc(C(=O)Nc2ccccc2CCC(=O)O)ccn1. The summed E-state index contributed by atoms with van der Waals surface area (Å²) in [5.74, 6) is -1.09. The molecule has 0 unspecified atom stereocenters. The van der Waals surface area contributed by atoms with E-state index in [0.717, 1.165) is 11.3 Å². The molecule has 2 rings (SSSR count). The summed E-state index contributed by atoms with van der Waals surface area (Å²) in [5, 5.41) is 11.6. The maximum absolute atomic E-state index is 12.2. The van der Waals surface area contributed by atoms with Crippen LogP contribution < -0.4 is 5.32 Å². The highest BCUT2D eigenvalue weighted by Crippen LogP contribution is 2.18. The average Bonchev–Trinajstić information content (AvgIpc) is 2.46. The Morgan fingerprint density at radius 3 is 2.71 bits per heavy atom. The normalized spacial score (nSPS) is 10.1. The van der Waals surface area contributed by atoms with Gasteiger partial charge in [-0.15, -0.1) is 0 Å². The van der Waals surface area contributed by atoms with Crippen molar-refractivity contribution in [3.63, 3.8) is 0 Å². The minimum atomic E-state index is -0.860. The first kappa shape index (κ1) is 14.7. The van der Waals surface area contributed by atoms with Gasteiger partial charge in [-0.1, -0.05) is 18.2 Å². The van der Waals surface area contributed by atoms with E-state index in [1.165, 1.54) is 0 Å². The van der Waals surface area contributed by atoms with Gasteiger partial charge in [0.1, 0.15) is 0 Å². The summed E-state index contributed by atoms with van der Waals surface area (Å²) in [7, 11) is 0. The Kier molecular flexibility index (Phi) is 4.66. The van der Waals surface area contributed by atoms with Gasteiger partial charge in [0, 0.05) is 29.6 Å². The maximum atomic E-state index is 12.2. The number of hydrogen-bond acceptors (Lipinski definition) is 3. The van der Waals surface area contributed by atoms with E-state index in [1.54, 1.807) is 30.5 Å². The molecule has 0 saturated carbocycles. The molecule has 0 radical (unpaired) electrons. The van der Waals surface area contributed by atoms with Crippen molar-refractivity contribution < 1.29 is 14.7 Å². The molecule has 0 aliphatic rings. The number of rotatable bonds is 5. The Morgan fingerprint density at radius 2 is 2.00 bits per heavy atom. The second-order valence-electron chi connectivity index (χ2n) is 4.69. The van der Waals surface area contributed by atoms with Gasteiger partial charge in [0.05, 0.1) is 0 Å². The highest BCUT2D eigenvalue weighted by atomic mass is 16.4. The summed E-state index contributed by atoms with van der Waals surface area (Å²) >= 11 is 0. The van der Waals surface area contributed by atoms with Crippen molar-refractivity contribution in [2.24, 2.45) is 0 Å². The zero-order valence-electron chi connectivity index (χ0n) is 11.7. The number of carboxylic acid groups (broad SMARTS) is 1. The minimum Gasteiger partial charge on any atom is -0.481 e. The molecule has 0 fully saturated rings. The van der Waals surface area contributed by atoms with Gasteiger partial charge in [-0.3, -0.25) is 14.6 Å². The lowest BCUT2D eigenvalue weighted by atomic mass is 10.1. The molecule has 5 nitrogen and oxygen atoms in total. The van der Waals surface area contributed by atoms with Gasteiger partial charge in [0.25, 0.3) is 5.91 Å². The fourth-order valence-electron chi connectivity index (χ4n) is 1.98. The van der Waals surface area contributed by atoms with Crippen molar-refractivity contribution in [3.8, 4) is 0 Å². The molecule has 108 valence electrons. The van der Waals surface area contributed by atoms with Crippen LogP contribution in [0.2, 0.25) is 0 Å². The maximum Gasteiger partial charge on any atom is 0.303 e. The zero-order chi connectivity index (χ0) is 15.2. The average molecular weight is 284 g/mol. The number of aromatic nitrogens is 1. The Hall–Kier alpha value is -2.69. The number of nitrogens with zero attached hydrogens (tertiary/aromatic N) is 1. The van der Waals surface area contributed by atoms with Gasteiger partial charge >= 0.3 is 5.97 Å². The van der Waals surface area contributed by atoms with E-state index in [0.29, 0.717) is 17.7 Å². The summed E-state index contributed by atoms with van der Waals surface area (Å²) < 4.78 is 0. The van der Waals surface area contributed by atoms with Crippen LogP contribution >= 0.6 is 0 Å². The highest BCUT2D eigenvalue weighted by molar-refractivity contribution is 6.04. The van der Waals surface area contributed by atoms with Crippen LogP contribution in [-0.2, 0) is 11.2 Å². The van der Waals surface area contributed by atoms with E-state index in [2.05, 4.69) is 10.3 Å². The molecule has 0 bridgehead atoms. The van der Waals surface area contributed by atoms with Gasteiger partial charge in [0.2, 0.25) is 0 Å². The van der Waals surface area contributed by atoms with Crippen LogP contribution in [0.1, 0.15) is 28.0 Å². The van der Waals surface area contributed by atoms with Crippen molar-refractivity contribution in [2.45, 2.75) is 19.8 Å². The first-order valence-electron chi connectivity index (χ1n) is 6.60. The third-order valence-electron chi connectivity index (χ3n) is 3.03. The zero-order valence-corrected chi connectivity index (χ0v) is 11.7. The number of aryl methyl sites for hydroxylation is 2. The number of carboxylic acids is 1. The number of aliphatic carboxylic acids is 1. The van der Waals surface area contributed by atoms with Crippen molar-refractivity contribution in [1.29, 1.82) is 0 Å². The van der Waals surface area contributed by atoms with Crippen molar-refractivity contribution in [1.82, 2.24) is 4.98 Å². The highest BCUT2D eigenvalue weighted by Gasteiger charge is 2.10. The van der Waals surface area contributed by atoms with E-state index in [4.69, 9.17) is 5.11 Å². The number of para-hydroxylation sites is 1. The van der Waals surface area contributed by atoms with Gasteiger partial charge in [-0.05, 0) is 37.1 Å². The molecule has 1 aromatic carbocycles. The molecule has 2 N–H and O–H groups in total. The molecule has 0 aliphatic heterocycles. The molecular formula is C16H16N2O3. The number of pyridine rings is 1. The minimum absolute atomic E-state index is 0.0290. The van der Waals surface area contributed by atoms with Gasteiger partial charge in [0.15, 0.2) is 0 Å². The number of amides is 1. The molecule has 5 heteroatoms. The smallest absolute Gasteiger partial charge is 0.303 e. The third kappa shape index (κ3) is 4.14. The van der Waals surface area contributed by atoms with Crippen LogP contribution in [0.25, 0.3) is 0 Å². The van der Waals surface area contributed by atoms with Gasteiger partial charge in [-0.2, -0.15) is 0 Å². The first-order chi connectivity index (χ1) is 10.1. The number of anilines is 1. The van der Waals surface area contributed by atoms with Gasteiger partial charge < -0.3 is 10.4 Å². The third-order valence-corrected chi connectivity index (χ3v) is 3.03. The molecule has 1 aromatic heterocycles. The Bertz CT molecular complexity index is 668. The number of nitrogens with one attached hydrogen (secondary N) is 1. The molecule has 0 saturated heterocycles. The van der Waals surface area contributed by atoms with Crippen LogP contribution in [-0.4, -0.2) is 22.0 Å². The van der Waals surface area contributed by atoms with E-state index >= 15 is 0 Å². The largest absolute Gasteiger partial charge is 0.481 e. The summed E-state index contributed by atoms with van der Waals surface area (Å²) in [6, 6.07) is 10.6. The summed E-state index contributed by atoms with van der Waals surface area (Å²) in [6.45, 7) is 1.82. The fourth-order valence-corrected chi connectivity index (χ4v) is 1.98. The Morgan fingerprint density at radius 1 is 1.24 bits per heavy atom. The van der Waals surface area contributed by atoms with E-state index in [1.807, 2.05) is 19.1 Å². The predicted octanol–water partition coefficient (Wildman–Crippen LogP) is 2.66. The molecule has 1 amide bonds. The van der Waals surface area contributed by atoms with E-state index in [-0.39, 0.29) is 12.3 Å². The van der Waals surface area contributed by atoms with Crippen LogP contribution in [0.3, 0.4) is 0 Å². The lowest BCUT2D eigenvalue weighted by Crippen LogP contribution is -2.14. The predicted molar refractivity (Wildman–Crippen MR) is 79.3 cm³/mol. The van der Waals surface area contributed by atoms with Crippen LogP contribution in [0, 0.1) is 6.92 Å². The van der Waals surface area contributed by atoms with Crippen LogP contribution in [0.15, 0.2) is 42.6 Å². The summed E-state index contributed by atoms with van der Waals surface area (Å²) in [5.41, 5.74) is 2.73.